The maximum atomic E-state index is 5.20. The summed E-state index contributed by atoms with van der Waals surface area (Å²) in [4.78, 5) is 10.7. The van der Waals surface area contributed by atoms with Crippen LogP contribution in [0.15, 0.2) is 11.4 Å². The predicted octanol–water partition coefficient (Wildman–Crippen LogP) is 2.29. The second-order valence-electron chi connectivity index (χ2n) is 2.93. The zero-order valence-corrected chi connectivity index (χ0v) is 7.89. The first kappa shape index (κ1) is 7.73. The number of thiazole rings is 1. The lowest BCUT2D eigenvalue weighted by Crippen LogP contribution is -1.96. The van der Waals surface area contributed by atoms with Crippen molar-refractivity contribution in [3.8, 4) is 0 Å². The second kappa shape index (κ2) is 2.86. The molecule has 0 N–H and O–H groups in total. The quantitative estimate of drug-likeness (QED) is 0.667. The van der Waals surface area contributed by atoms with Gasteiger partial charge in [0.25, 0.3) is 0 Å². The Bertz CT molecular complexity index is 319. The standard InChI is InChI=1S/C8H10N2OS/c1-5-3-7(11-10-5)8-9-4-6(2)12-8/h4,7H,3H2,1-2H3. The Balaban J connectivity index is 2.13. The third-order valence-corrected chi connectivity index (χ3v) is 2.74. The smallest absolute Gasteiger partial charge is 0.183 e. The third kappa shape index (κ3) is 1.34. The number of hydrogen-bond donors (Lipinski definition) is 0. The van der Waals surface area contributed by atoms with Gasteiger partial charge in [0.2, 0.25) is 0 Å². The molecule has 0 spiro atoms. The molecule has 0 saturated heterocycles. The molecule has 1 aliphatic rings. The number of rotatable bonds is 1. The van der Waals surface area contributed by atoms with Gasteiger partial charge in [-0.1, -0.05) is 5.16 Å². The molecule has 0 bridgehead atoms. The Kier molecular flexibility index (Phi) is 1.84. The van der Waals surface area contributed by atoms with Crippen LogP contribution < -0.4 is 0 Å². The first-order valence-electron chi connectivity index (χ1n) is 3.87. The molecule has 0 fully saturated rings. The molecule has 0 aliphatic carbocycles. The number of nitrogens with zero attached hydrogens (tertiary/aromatic N) is 2. The van der Waals surface area contributed by atoms with E-state index in [0.29, 0.717) is 0 Å². The van der Waals surface area contributed by atoms with E-state index in [0.717, 1.165) is 17.1 Å². The van der Waals surface area contributed by atoms with Gasteiger partial charge in [0.1, 0.15) is 5.01 Å². The van der Waals surface area contributed by atoms with Gasteiger partial charge in [0.05, 0.1) is 5.71 Å². The first-order chi connectivity index (χ1) is 5.75. The summed E-state index contributed by atoms with van der Waals surface area (Å²) in [6.45, 7) is 4.02. The van der Waals surface area contributed by atoms with Crippen molar-refractivity contribution in [2.45, 2.75) is 26.4 Å². The van der Waals surface area contributed by atoms with Crippen LogP contribution in [0.1, 0.15) is 29.3 Å². The molecule has 1 aromatic heterocycles. The Morgan fingerprint density at radius 2 is 2.42 bits per heavy atom. The van der Waals surface area contributed by atoms with Crippen molar-refractivity contribution in [1.29, 1.82) is 0 Å². The molecule has 0 radical (unpaired) electrons. The lowest BCUT2D eigenvalue weighted by atomic mass is 10.2. The Hall–Kier alpha value is -0.900. The van der Waals surface area contributed by atoms with Gasteiger partial charge >= 0.3 is 0 Å². The van der Waals surface area contributed by atoms with Crippen LogP contribution in [0.4, 0.5) is 0 Å². The lowest BCUT2D eigenvalue weighted by Gasteiger charge is -2.01. The van der Waals surface area contributed by atoms with E-state index in [9.17, 15) is 0 Å². The maximum Gasteiger partial charge on any atom is 0.183 e. The highest BCUT2D eigenvalue weighted by molar-refractivity contribution is 7.11. The van der Waals surface area contributed by atoms with E-state index in [1.54, 1.807) is 11.3 Å². The summed E-state index contributed by atoms with van der Waals surface area (Å²) in [5, 5.41) is 4.92. The molecular weight excluding hydrogens is 172 g/mol. The van der Waals surface area contributed by atoms with Crippen molar-refractivity contribution in [2.24, 2.45) is 5.16 Å². The zero-order chi connectivity index (χ0) is 8.55. The molecule has 1 aliphatic heterocycles. The maximum absolute atomic E-state index is 5.20. The zero-order valence-electron chi connectivity index (χ0n) is 7.07. The van der Waals surface area contributed by atoms with Gasteiger partial charge in [0.15, 0.2) is 6.10 Å². The SMILES string of the molecule is CC1=NOC(c2ncc(C)s2)C1. The van der Waals surface area contributed by atoms with Gasteiger partial charge in [-0.2, -0.15) is 0 Å². The second-order valence-corrected chi connectivity index (χ2v) is 4.20. The van der Waals surface area contributed by atoms with Crippen LogP contribution in [0.25, 0.3) is 0 Å². The van der Waals surface area contributed by atoms with Gasteiger partial charge < -0.3 is 4.84 Å². The molecule has 0 amide bonds. The minimum absolute atomic E-state index is 0.0729. The number of aryl methyl sites for hydroxylation is 1. The van der Waals surface area contributed by atoms with Crippen molar-refractivity contribution in [1.82, 2.24) is 4.98 Å². The molecule has 3 nitrogen and oxygen atoms in total. The average Bonchev–Trinajstić information content (AvgIpc) is 2.58. The van der Waals surface area contributed by atoms with E-state index in [1.165, 1.54) is 4.88 Å². The molecular formula is C8H10N2OS. The van der Waals surface area contributed by atoms with E-state index in [1.807, 2.05) is 20.0 Å². The minimum Gasteiger partial charge on any atom is -0.385 e. The molecule has 0 saturated carbocycles. The van der Waals surface area contributed by atoms with Gasteiger partial charge in [-0.15, -0.1) is 11.3 Å². The molecule has 12 heavy (non-hydrogen) atoms. The Morgan fingerprint density at radius 1 is 1.58 bits per heavy atom. The van der Waals surface area contributed by atoms with Crippen LogP contribution in [0.5, 0.6) is 0 Å². The average molecular weight is 182 g/mol. The van der Waals surface area contributed by atoms with Crippen LogP contribution in [0.2, 0.25) is 0 Å². The van der Waals surface area contributed by atoms with Gasteiger partial charge in [-0.3, -0.25) is 0 Å². The first-order valence-corrected chi connectivity index (χ1v) is 4.69. The summed E-state index contributed by atoms with van der Waals surface area (Å²) in [6, 6.07) is 0. The molecule has 0 aromatic carbocycles. The molecule has 4 heteroatoms. The van der Waals surface area contributed by atoms with E-state index >= 15 is 0 Å². The fourth-order valence-corrected chi connectivity index (χ4v) is 1.95. The Labute approximate surface area is 75.1 Å². The van der Waals surface area contributed by atoms with Crippen molar-refractivity contribution < 1.29 is 4.84 Å². The number of aromatic nitrogens is 1. The van der Waals surface area contributed by atoms with Crippen molar-refractivity contribution in [2.75, 3.05) is 0 Å². The van der Waals surface area contributed by atoms with Gasteiger partial charge in [-0.25, -0.2) is 4.98 Å². The fraction of sp³-hybridized carbons (Fsp3) is 0.500. The summed E-state index contributed by atoms with van der Waals surface area (Å²) in [5.74, 6) is 0. The number of hydrogen-bond acceptors (Lipinski definition) is 4. The van der Waals surface area contributed by atoms with Crippen molar-refractivity contribution in [3.05, 3.63) is 16.1 Å². The van der Waals surface area contributed by atoms with E-state index in [4.69, 9.17) is 4.84 Å². The third-order valence-electron chi connectivity index (χ3n) is 1.73. The molecule has 2 heterocycles. The highest BCUT2D eigenvalue weighted by Crippen LogP contribution is 2.29. The van der Waals surface area contributed by atoms with Gasteiger partial charge in [0, 0.05) is 17.5 Å². The van der Waals surface area contributed by atoms with Gasteiger partial charge in [-0.05, 0) is 13.8 Å². The van der Waals surface area contributed by atoms with E-state index < -0.39 is 0 Å². The normalized spacial score (nSPS) is 22.2. The molecule has 64 valence electrons. The molecule has 1 unspecified atom stereocenters. The molecule has 1 atom stereocenters. The van der Waals surface area contributed by atoms with Crippen molar-refractivity contribution >= 4 is 17.0 Å². The fourth-order valence-electron chi connectivity index (χ4n) is 1.15. The Morgan fingerprint density at radius 3 is 2.92 bits per heavy atom. The van der Waals surface area contributed by atoms with Crippen LogP contribution in [-0.4, -0.2) is 10.7 Å². The predicted molar refractivity (Wildman–Crippen MR) is 48.4 cm³/mol. The summed E-state index contributed by atoms with van der Waals surface area (Å²) in [6.07, 6.45) is 2.83. The highest BCUT2D eigenvalue weighted by Gasteiger charge is 2.22. The minimum atomic E-state index is 0.0729. The molecule has 1 aromatic rings. The summed E-state index contributed by atoms with van der Waals surface area (Å²) in [5.41, 5.74) is 1.05. The summed E-state index contributed by atoms with van der Waals surface area (Å²) in [7, 11) is 0. The van der Waals surface area contributed by atoms with Crippen LogP contribution in [-0.2, 0) is 4.84 Å². The monoisotopic (exact) mass is 182 g/mol. The van der Waals surface area contributed by atoms with E-state index in [-0.39, 0.29) is 6.10 Å². The number of oxime groups is 1. The van der Waals surface area contributed by atoms with Crippen LogP contribution in [0, 0.1) is 6.92 Å². The van der Waals surface area contributed by atoms with Crippen LogP contribution >= 0.6 is 11.3 Å². The largest absolute Gasteiger partial charge is 0.385 e. The van der Waals surface area contributed by atoms with Crippen molar-refractivity contribution in [3.63, 3.8) is 0 Å². The lowest BCUT2D eigenvalue weighted by molar-refractivity contribution is 0.0855. The summed E-state index contributed by atoms with van der Waals surface area (Å²) < 4.78 is 0. The summed E-state index contributed by atoms with van der Waals surface area (Å²) >= 11 is 1.68. The molecule has 2 rings (SSSR count). The van der Waals surface area contributed by atoms with E-state index in [2.05, 4.69) is 10.1 Å². The van der Waals surface area contributed by atoms with Crippen LogP contribution in [0.3, 0.4) is 0 Å². The topological polar surface area (TPSA) is 34.5 Å². The highest BCUT2D eigenvalue weighted by atomic mass is 32.1.